The monoisotopic (exact) mass is 385 g/mol. The first kappa shape index (κ1) is 13.3. The molecule has 0 spiro atoms. The van der Waals surface area contributed by atoms with Crippen molar-refractivity contribution < 1.29 is 13.2 Å². The first-order valence-corrected chi connectivity index (χ1v) is 8.97. The molecule has 0 bridgehead atoms. The Morgan fingerprint density at radius 1 is 1.59 bits per heavy atom. The quantitative estimate of drug-likeness (QED) is 0.803. The molecule has 1 unspecified atom stereocenters. The summed E-state index contributed by atoms with van der Waals surface area (Å²) in [6, 6.07) is 1.83. The largest absolute Gasteiger partial charge is 0.352 e. The van der Waals surface area contributed by atoms with E-state index < -0.39 is 9.84 Å². The summed E-state index contributed by atoms with van der Waals surface area (Å²) in [5.41, 5.74) is 0.653. The smallest absolute Gasteiger partial charge is 0.252 e. The molecule has 0 radical (unpaired) electrons. The normalized spacial score (nSPS) is 22.5. The standard InChI is InChI=1S/C10H12INO3S2/c11-9-3-8(5-16-9)10(13)12-4-7-1-2-17(14,15)6-7/h3,5,7H,1-2,4,6H2,(H,12,13). The van der Waals surface area contributed by atoms with Crippen molar-refractivity contribution in [3.63, 3.8) is 0 Å². The van der Waals surface area contributed by atoms with Gasteiger partial charge in [0.15, 0.2) is 9.84 Å². The predicted molar refractivity (Wildman–Crippen MR) is 76.1 cm³/mol. The Morgan fingerprint density at radius 2 is 2.35 bits per heavy atom. The van der Waals surface area contributed by atoms with Crippen LogP contribution in [0.1, 0.15) is 16.8 Å². The SMILES string of the molecule is O=C(NCC1CCS(=O)(=O)C1)c1csc(I)c1. The molecule has 17 heavy (non-hydrogen) atoms. The van der Waals surface area contributed by atoms with Gasteiger partial charge in [-0.25, -0.2) is 8.42 Å². The van der Waals surface area contributed by atoms with E-state index in [-0.39, 0.29) is 23.3 Å². The zero-order valence-corrected chi connectivity index (χ0v) is 12.8. The molecule has 1 fully saturated rings. The Labute approximate surface area is 118 Å². The van der Waals surface area contributed by atoms with Crippen LogP contribution in [0.5, 0.6) is 0 Å². The van der Waals surface area contributed by atoms with Gasteiger partial charge < -0.3 is 5.32 Å². The Morgan fingerprint density at radius 3 is 2.88 bits per heavy atom. The molecule has 1 aromatic heterocycles. The van der Waals surface area contributed by atoms with Crippen molar-refractivity contribution in [1.29, 1.82) is 0 Å². The minimum absolute atomic E-state index is 0.0710. The van der Waals surface area contributed by atoms with E-state index in [9.17, 15) is 13.2 Å². The van der Waals surface area contributed by atoms with E-state index in [0.717, 1.165) is 2.88 Å². The van der Waals surface area contributed by atoms with E-state index in [0.29, 0.717) is 18.5 Å². The van der Waals surface area contributed by atoms with Gasteiger partial charge in [0.25, 0.3) is 5.91 Å². The van der Waals surface area contributed by atoms with E-state index in [2.05, 4.69) is 27.9 Å². The van der Waals surface area contributed by atoms with Crippen LogP contribution < -0.4 is 5.32 Å². The van der Waals surface area contributed by atoms with Crippen molar-refractivity contribution in [3.05, 3.63) is 19.9 Å². The molecule has 0 saturated carbocycles. The number of carbonyl (C=O) groups excluding carboxylic acids is 1. The molecule has 1 atom stereocenters. The van der Waals surface area contributed by atoms with Crippen molar-refractivity contribution in [1.82, 2.24) is 5.32 Å². The summed E-state index contributed by atoms with van der Waals surface area (Å²) in [4.78, 5) is 11.7. The van der Waals surface area contributed by atoms with Crippen LogP contribution in [0.15, 0.2) is 11.4 Å². The molecule has 94 valence electrons. The van der Waals surface area contributed by atoms with Crippen LogP contribution in [0.25, 0.3) is 0 Å². The Balaban J connectivity index is 1.85. The molecule has 1 aromatic rings. The van der Waals surface area contributed by atoms with Crippen LogP contribution in [-0.2, 0) is 9.84 Å². The number of thiophene rings is 1. The summed E-state index contributed by atoms with van der Waals surface area (Å²) < 4.78 is 23.6. The van der Waals surface area contributed by atoms with Gasteiger partial charge in [0.05, 0.1) is 20.0 Å². The molecular formula is C10H12INO3S2. The maximum absolute atomic E-state index is 11.7. The summed E-state index contributed by atoms with van der Waals surface area (Å²) in [7, 11) is -2.85. The first-order valence-electron chi connectivity index (χ1n) is 5.19. The highest BCUT2D eigenvalue weighted by Gasteiger charge is 2.27. The number of sulfone groups is 1. The lowest BCUT2D eigenvalue weighted by Gasteiger charge is -2.08. The number of rotatable bonds is 3. The second kappa shape index (κ2) is 5.23. The maximum atomic E-state index is 11.7. The number of carbonyl (C=O) groups is 1. The van der Waals surface area contributed by atoms with Gasteiger partial charge in [-0.15, -0.1) is 11.3 Å². The van der Waals surface area contributed by atoms with E-state index in [4.69, 9.17) is 0 Å². The van der Waals surface area contributed by atoms with Crippen LogP contribution in [-0.4, -0.2) is 32.4 Å². The third-order valence-corrected chi connectivity index (χ3v) is 6.33. The molecule has 1 aliphatic heterocycles. The van der Waals surface area contributed by atoms with Crippen LogP contribution in [0.3, 0.4) is 0 Å². The highest BCUT2D eigenvalue weighted by atomic mass is 127. The lowest BCUT2D eigenvalue weighted by molar-refractivity contribution is 0.0949. The van der Waals surface area contributed by atoms with E-state index in [1.165, 1.54) is 11.3 Å². The molecule has 4 nitrogen and oxygen atoms in total. The number of amides is 1. The third-order valence-electron chi connectivity index (χ3n) is 2.71. The molecule has 1 N–H and O–H groups in total. The van der Waals surface area contributed by atoms with Crippen molar-refractivity contribution in [2.24, 2.45) is 5.92 Å². The topological polar surface area (TPSA) is 63.2 Å². The van der Waals surface area contributed by atoms with Gasteiger partial charge >= 0.3 is 0 Å². The van der Waals surface area contributed by atoms with Gasteiger partial charge in [-0.2, -0.15) is 0 Å². The van der Waals surface area contributed by atoms with Crippen LogP contribution >= 0.6 is 33.9 Å². The summed E-state index contributed by atoms with van der Waals surface area (Å²) in [6.45, 7) is 0.449. The van der Waals surface area contributed by atoms with Gasteiger partial charge in [-0.1, -0.05) is 0 Å². The first-order chi connectivity index (χ1) is 7.96. The van der Waals surface area contributed by atoms with Crippen molar-refractivity contribution in [2.75, 3.05) is 18.1 Å². The molecule has 2 rings (SSSR count). The minimum Gasteiger partial charge on any atom is -0.352 e. The second-order valence-corrected chi connectivity index (χ2v) is 9.15. The highest BCUT2D eigenvalue weighted by Crippen LogP contribution is 2.19. The van der Waals surface area contributed by atoms with Gasteiger partial charge in [0, 0.05) is 11.9 Å². The fourth-order valence-corrected chi connectivity index (χ4v) is 4.99. The second-order valence-electron chi connectivity index (χ2n) is 4.12. The van der Waals surface area contributed by atoms with Crippen LogP contribution in [0.4, 0.5) is 0 Å². The number of hydrogen-bond donors (Lipinski definition) is 1. The molecule has 1 aliphatic rings. The Kier molecular flexibility index (Phi) is 4.09. The maximum Gasteiger partial charge on any atom is 0.252 e. The Bertz CT molecular complexity index is 523. The van der Waals surface area contributed by atoms with Crippen molar-refractivity contribution in [3.8, 4) is 0 Å². The zero-order chi connectivity index (χ0) is 12.5. The van der Waals surface area contributed by atoms with Gasteiger partial charge in [0.1, 0.15) is 0 Å². The molecule has 0 aliphatic carbocycles. The average Bonchev–Trinajstić information content (AvgIpc) is 2.81. The number of hydrogen-bond acceptors (Lipinski definition) is 4. The predicted octanol–water partition coefficient (Wildman–Crippen LogP) is 1.52. The Hall–Kier alpha value is -0.150. The lowest BCUT2D eigenvalue weighted by Crippen LogP contribution is -2.29. The van der Waals surface area contributed by atoms with E-state index >= 15 is 0 Å². The fraction of sp³-hybridized carbons (Fsp3) is 0.500. The van der Waals surface area contributed by atoms with Gasteiger partial charge in [-0.3, -0.25) is 4.79 Å². The molecule has 1 amide bonds. The summed E-state index contributed by atoms with van der Waals surface area (Å²) in [6.07, 6.45) is 0.657. The highest BCUT2D eigenvalue weighted by molar-refractivity contribution is 14.1. The van der Waals surface area contributed by atoms with E-state index in [1.807, 2.05) is 11.4 Å². The van der Waals surface area contributed by atoms with Crippen LogP contribution in [0.2, 0.25) is 0 Å². The zero-order valence-electron chi connectivity index (χ0n) is 8.98. The summed E-state index contributed by atoms with van der Waals surface area (Å²) >= 11 is 3.68. The molecular weight excluding hydrogens is 373 g/mol. The molecule has 1 saturated heterocycles. The number of halogens is 1. The van der Waals surface area contributed by atoms with Crippen molar-refractivity contribution in [2.45, 2.75) is 6.42 Å². The lowest BCUT2D eigenvalue weighted by atomic mass is 10.1. The van der Waals surface area contributed by atoms with Crippen LogP contribution in [0, 0.1) is 8.80 Å². The minimum atomic E-state index is -2.85. The summed E-state index contributed by atoms with van der Waals surface area (Å²) in [5, 5.41) is 4.60. The molecule has 0 aromatic carbocycles. The third kappa shape index (κ3) is 3.65. The van der Waals surface area contributed by atoms with E-state index in [1.54, 1.807) is 0 Å². The van der Waals surface area contributed by atoms with Gasteiger partial charge in [-0.05, 0) is 41.0 Å². The fourth-order valence-electron chi connectivity index (χ4n) is 1.80. The number of nitrogens with one attached hydrogen (secondary N) is 1. The average molecular weight is 385 g/mol. The van der Waals surface area contributed by atoms with Crippen molar-refractivity contribution >= 4 is 49.7 Å². The summed E-state index contributed by atoms with van der Waals surface area (Å²) in [5.74, 6) is 0.411. The van der Waals surface area contributed by atoms with Gasteiger partial charge in [0.2, 0.25) is 0 Å². The molecule has 7 heteroatoms. The molecule has 2 heterocycles.